The number of carbonyl (C=O) groups is 1. The molecule has 2 aromatic carbocycles. The lowest BCUT2D eigenvalue weighted by Crippen LogP contribution is -2.34. The molecule has 2 atom stereocenters. The maximum atomic E-state index is 13.2. The van der Waals surface area contributed by atoms with Gasteiger partial charge in [-0.25, -0.2) is 0 Å². The van der Waals surface area contributed by atoms with Crippen molar-refractivity contribution in [1.29, 1.82) is 0 Å². The maximum Gasteiger partial charge on any atom is 0.197 e. The van der Waals surface area contributed by atoms with E-state index in [0.717, 1.165) is 10.9 Å². The summed E-state index contributed by atoms with van der Waals surface area (Å²) in [5, 5.41) is 28.9. The van der Waals surface area contributed by atoms with E-state index in [1.165, 1.54) is 0 Å². The second-order valence-corrected chi connectivity index (χ2v) is 7.59. The van der Waals surface area contributed by atoms with Crippen molar-refractivity contribution in [3.05, 3.63) is 64.9 Å². The van der Waals surface area contributed by atoms with Crippen LogP contribution >= 0.6 is 0 Å². The van der Waals surface area contributed by atoms with E-state index in [0.29, 0.717) is 28.2 Å². The number of aliphatic hydroxyl groups is 3. The lowest BCUT2D eigenvalue weighted by molar-refractivity contribution is -0.0339. The molecule has 2 unspecified atom stereocenters. The minimum absolute atomic E-state index is 0.0865. The summed E-state index contributed by atoms with van der Waals surface area (Å²) in [6, 6.07) is 12.6. The average molecular weight is 382 g/mol. The van der Waals surface area contributed by atoms with Gasteiger partial charge in [-0.1, -0.05) is 18.2 Å². The SMILES string of the molecule is CC1(C)c2cc(OCC(O)C(O)CO)ccc2C(=O)c2c1oc1ccccc21. The first kappa shape index (κ1) is 18.7. The van der Waals surface area contributed by atoms with Gasteiger partial charge in [0, 0.05) is 16.4 Å². The molecular weight excluding hydrogens is 360 g/mol. The predicted octanol–water partition coefficient (Wildman–Crippen LogP) is 2.40. The predicted molar refractivity (Wildman–Crippen MR) is 103 cm³/mol. The van der Waals surface area contributed by atoms with Crippen LogP contribution in [0.2, 0.25) is 0 Å². The molecule has 0 saturated heterocycles. The number of rotatable bonds is 5. The molecule has 1 aliphatic rings. The quantitative estimate of drug-likeness (QED) is 0.627. The lowest BCUT2D eigenvalue weighted by Gasteiger charge is -2.31. The molecule has 28 heavy (non-hydrogen) atoms. The number of aliphatic hydroxyl groups excluding tert-OH is 3. The fraction of sp³-hybridized carbons (Fsp3) is 0.318. The molecule has 4 rings (SSSR count). The van der Waals surface area contributed by atoms with Crippen molar-refractivity contribution in [2.75, 3.05) is 13.2 Å². The number of carbonyl (C=O) groups excluding carboxylic acids is 1. The lowest BCUT2D eigenvalue weighted by atomic mass is 9.72. The largest absolute Gasteiger partial charge is 0.491 e. The first-order valence-corrected chi connectivity index (χ1v) is 9.15. The van der Waals surface area contributed by atoms with Gasteiger partial charge in [-0.15, -0.1) is 0 Å². The Morgan fingerprint density at radius 2 is 1.86 bits per heavy atom. The van der Waals surface area contributed by atoms with Gasteiger partial charge in [0.2, 0.25) is 0 Å². The van der Waals surface area contributed by atoms with Crippen molar-refractivity contribution in [1.82, 2.24) is 0 Å². The Labute approximate surface area is 162 Å². The van der Waals surface area contributed by atoms with Gasteiger partial charge in [-0.2, -0.15) is 0 Å². The molecule has 6 nitrogen and oxygen atoms in total. The Morgan fingerprint density at radius 1 is 1.11 bits per heavy atom. The highest BCUT2D eigenvalue weighted by Crippen LogP contribution is 2.46. The fourth-order valence-corrected chi connectivity index (χ4v) is 3.71. The van der Waals surface area contributed by atoms with Crippen LogP contribution in [-0.2, 0) is 5.41 Å². The Morgan fingerprint density at radius 3 is 2.61 bits per heavy atom. The molecule has 0 saturated carbocycles. The molecule has 0 radical (unpaired) electrons. The maximum absolute atomic E-state index is 13.2. The van der Waals surface area contributed by atoms with Crippen molar-refractivity contribution in [2.24, 2.45) is 0 Å². The van der Waals surface area contributed by atoms with Gasteiger partial charge in [0.1, 0.15) is 35.9 Å². The molecule has 0 bridgehead atoms. The van der Waals surface area contributed by atoms with Gasteiger partial charge in [-0.05, 0) is 43.7 Å². The number of ketones is 1. The number of ether oxygens (including phenoxy) is 1. The molecule has 6 heteroatoms. The molecule has 1 aromatic heterocycles. The summed E-state index contributed by atoms with van der Waals surface area (Å²) < 4.78 is 11.6. The van der Waals surface area contributed by atoms with Crippen LogP contribution in [0.15, 0.2) is 46.9 Å². The van der Waals surface area contributed by atoms with Crippen molar-refractivity contribution in [3.63, 3.8) is 0 Å². The summed E-state index contributed by atoms with van der Waals surface area (Å²) in [6.45, 7) is 3.26. The summed E-state index contributed by atoms with van der Waals surface area (Å²) in [5.74, 6) is 0.999. The highest BCUT2D eigenvalue weighted by atomic mass is 16.5. The van der Waals surface area contributed by atoms with E-state index in [1.54, 1.807) is 18.2 Å². The van der Waals surface area contributed by atoms with Crippen molar-refractivity contribution >= 4 is 16.8 Å². The monoisotopic (exact) mass is 382 g/mol. The Bertz CT molecular complexity index is 1050. The topological polar surface area (TPSA) is 100 Å². The van der Waals surface area contributed by atoms with Gasteiger partial charge in [0.05, 0.1) is 12.2 Å². The third-order valence-corrected chi connectivity index (χ3v) is 5.35. The van der Waals surface area contributed by atoms with E-state index in [1.807, 2.05) is 38.1 Å². The van der Waals surface area contributed by atoms with Crippen molar-refractivity contribution in [2.45, 2.75) is 31.5 Å². The Balaban J connectivity index is 1.73. The highest BCUT2D eigenvalue weighted by molar-refractivity contribution is 6.19. The van der Waals surface area contributed by atoms with Crippen LogP contribution in [0.5, 0.6) is 5.75 Å². The van der Waals surface area contributed by atoms with Gasteiger partial charge in [0.15, 0.2) is 5.78 Å². The molecule has 3 N–H and O–H groups in total. The van der Waals surface area contributed by atoms with E-state index < -0.39 is 24.2 Å². The van der Waals surface area contributed by atoms with E-state index in [4.69, 9.17) is 14.3 Å². The fourth-order valence-electron chi connectivity index (χ4n) is 3.71. The van der Waals surface area contributed by atoms with Gasteiger partial charge >= 0.3 is 0 Å². The summed E-state index contributed by atoms with van der Waals surface area (Å²) in [6.07, 6.45) is -2.48. The summed E-state index contributed by atoms with van der Waals surface area (Å²) >= 11 is 0. The number of hydrogen-bond donors (Lipinski definition) is 3. The zero-order valence-corrected chi connectivity index (χ0v) is 15.7. The minimum atomic E-state index is -1.27. The van der Waals surface area contributed by atoms with Gasteiger partial charge in [-0.3, -0.25) is 4.79 Å². The number of para-hydroxylation sites is 1. The Kier molecular flexibility index (Phi) is 4.50. The van der Waals surface area contributed by atoms with E-state index in [-0.39, 0.29) is 12.4 Å². The zero-order chi connectivity index (χ0) is 20.1. The van der Waals surface area contributed by atoms with Gasteiger partial charge in [0.25, 0.3) is 0 Å². The summed E-state index contributed by atoms with van der Waals surface area (Å²) in [7, 11) is 0. The first-order valence-electron chi connectivity index (χ1n) is 9.15. The molecule has 1 heterocycles. The summed E-state index contributed by atoms with van der Waals surface area (Å²) in [4.78, 5) is 13.2. The molecule has 0 fully saturated rings. The molecule has 0 spiro atoms. The minimum Gasteiger partial charge on any atom is -0.491 e. The first-order chi connectivity index (χ1) is 13.3. The number of furan rings is 1. The number of fused-ring (bicyclic) bond motifs is 4. The average Bonchev–Trinajstić information content (AvgIpc) is 3.10. The molecule has 0 aliphatic heterocycles. The summed E-state index contributed by atoms with van der Waals surface area (Å²) in [5.41, 5.74) is 2.09. The number of hydrogen-bond acceptors (Lipinski definition) is 6. The standard InChI is InChI=1S/C22H22O6/c1-22(2)15-9-12(27-11-17(25)16(24)10-23)7-8-13(15)20(26)19-14-5-3-4-6-18(14)28-21(19)22/h3-9,16-17,23-25H,10-11H2,1-2H3. The second kappa shape index (κ2) is 6.74. The van der Waals surface area contributed by atoms with Crippen LogP contribution in [0.25, 0.3) is 11.0 Å². The van der Waals surface area contributed by atoms with E-state index in [9.17, 15) is 15.0 Å². The van der Waals surface area contributed by atoms with Crippen LogP contribution in [0.1, 0.15) is 41.1 Å². The molecule has 0 amide bonds. The van der Waals surface area contributed by atoms with Crippen LogP contribution in [-0.4, -0.2) is 46.5 Å². The number of benzene rings is 2. The van der Waals surface area contributed by atoms with Crippen LogP contribution in [0.4, 0.5) is 0 Å². The smallest absolute Gasteiger partial charge is 0.197 e. The third kappa shape index (κ3) is 2.81. The highest BCUT2D eigenvalue weighted by Gasteiger charge is 2.41. The third-order valence-electron chi connectivity index (χ3n) is 5.35. The second-order valence-electron chi connectivity index (χ2n) is 7.59. The Hall–Kier alpha value is -2.67. The van der Waals surface area contributed by atoms with Crippen LogP contribution in [0.3, 0.4) is 0 Å². The van der Waals surface area contributed by atoms with Crippen LogP contribution in [0, 0.1) is 0 Å². The van der Waals surface area contributed by atoms with E-state index >= 15 is 0 Å². The molecule has 1 aliphatic carbocycles. The molecular formula is C22H22O6. The van der Waals surface area contributed by atoms with Crippen LogP contribution < -0.4 is 4.74 Å². The normalized spacial score (nSPS) is 17.1. The van der Waals surface area contributed by atoms with Crippen molar-refractivity contribution in [3.8, 4) is 5.75 Å². The molecule has 146 valence electrons. The van der Waals surface area contributed by atoms with Crippen molar-refractivity contribution < 1.29 is 29.3 Å². The molecule has 3 aromatic rings. The zero-order valence-electron chi connectivity index (χ0n) is 15.7. The van der Waals surface area contributed by atoms with E-state index in [2.05, 4.69) is 0 Å². The van der Waals surface area contributed by atoms with Gasteiger partial charge < -0.3 is 24.5 Å².